The van der Waals surface area contributed by atoms with Gasteiger partial charge in [-0.2, -0.15) is 0 Å². The minimum Gasteiger partial charge on any atom is -0.463 e. The molecule has 0 aromatic carbocycles. The van der Waals surface area contributed by atoms with Gasteiger partial charge in [0.25, 0.3) is 0 Å². The average Bonchev–Trinajstić information content (AvgIpc) is 3.50. The maximum atomic E-state index is 12.6. The molecule has 0 saturated carbocycles. The van der Waals surface area contributed by atoms with Crippen LogP contribution in [0, 0.1) is 11.8 Å². The maximum absolute atomic E-state index is 12.6. The van der Waals surface area contributed by atoms with E-state index in [2.05, 4.69) is 10.6 Å². The highest BCUT2D eigenvalue weighted by molar-refractivity contribution is 8.78. The predicted octanol–water partition coefficient (Wildman–Crippen LogP) is 3.33. The van der Waals surface area contributed by atoms with Crippen LogP contribution in [0.4, 0.5) is 0 Å². The highest BCUT2D eigenvalue weighted by Crippen LogP contribution is 2.43. The van der Waals surface area contributed by atoms with Crippen molar-refractivity contribution in [1.82, 2.24) is 10.6 Å². The number of hydrogen-bond acceptors (Lipinski definition) is 10. The van der Waals surface area contributed by atoms with Gasteiger partial charge in [-0.1, -0.05) is 65.5 Å². The summed E-state index contributed by atoms with van der Waals surface area (Å²) < 4.78 is 11.0. The Morgan fingerprint density at radius 3 is 2.71 bits per heavy atom. The van der Waals surface area contributed by atoms with Crippen LogP contribution < -0.4 is 10.6 Å². The first-order valence-electron chi connectivity index (χ1n) is 14.7. The fraction of sp³-hybridized carbons (Fsp3) is 0.667. The molecule has 234 valence electrons. The fourth-order valence-corrected chi connectivity index (χ4v) is 7.44. The van der Waals surface area contributed by atoms with Gasteiger partial charge >= 0.3 is 5.97 Å². The fourth-order valence-electron chi connectivity index (χ4n) is 4.86. The predicted molar refractivity (Wildman–Crippen MR) is 163 cm³/mol. The molecule has 3 aliphatic heterocycles. The summed E-state index contributed by atoms with van der Waals surface area (Å²) in [5.74, 6) is -1.46. The van der Waals surface area contributed by atoms with Crippen molar-refractivity contribution in [3.63, 3.8) is 0 Å². The van der Waals surface area contributed by atoms with E-state index < -0.39 is 36.2 Å². The number of carbonyl (C=O) groups is 4. The van der Waals surface area contributed by atoms with Crippen LogP contribution in [0.15, 0.2) is 34.9 Å². The van der Waals surface area contributed by atoms with E-state index >= 15 is 0 Å². The van der Waals surface area contributed by atoms with Crippen LogP contribution in [0.25, 0.3) is 0 Å². The molecule has 4 N–H and O–H groups in total. The Morgan fingerprint density at radius 2 is 1.95 bits per heavy atom. The van der Waals surface area contributed by atoms with Crippen LogP contribution in [0.3, 0.4) is 0 Å². The zero-order valence-corrected chi connectivity index (χ0v) is 26.2. The number of Topliss-reactive ketones (excluding diaryl/α,β-unsaturated/α-hetero) is 1. The second kappa shape index (κ2) is 17.2. The number of unbranched alkanes of at least 4 members (excludes halogenated alkanes) is 4. The molecule has 2 unspecified atom stereocenters. The molecule has 2 fully saturated rings. The molecule has 3 heterocycles. The second-order valence-electron chi connectivity index (χ2n) is 11.3. The molecule has 2 saturated heterocycles. The van der Waals surface area contributed by atoms with E-state index in [0.717, 1.165) is 31.4 Å². The van der Waals surface area contributed by atoms with Gasteiger partial charge in [0.2, 0.25) is 11.8 Å². The molecule has 3 rings (SSSR count). The van der Waals surface area contributed by atoms with Crippen LogP contribution >= 0.6 is 21.6 Å². The number of allylic oxidation sites excluding steroid dienone is 1. The van der Waals surface area contributed by atoms with Gasteiger partial charge in [-0.05, 0) is 45.4 Å². The lowest BCUT2D eigenvalue weighted by Gasteiger charge is -2.32. The third kappa shape index (κ3) is 10.6. The van der Waals surface area contributed by atoms with E-state index in [1.54, 1.807) is 35.4 Å². The average molecular weight is 625 g/mol. The van der Waals surface area contributed by atoms with Crippen molar-refractivity contribution >= 4 is 45.2 Å². The molecule has 0 aliphatic carbocycles. The zero-order valence-electron chi connectivity index (χ0n) is 24.6. The van der Waals surface area contributed by atoms with Crippen LogP contribution in [0.1, 0.15) is 72.1 Å². The zero-order chi connectivity index (χ0) is 30.6. The van der Waals surface area contributed by atoms with Crippen molar-refractivity contribution in [2.75, 3.05) is 13.2 Å². The van der Waals surface area contributed by atoms with Gasteiger partial charge in [0, 0.05) is 29.5 Å². The maximum Gasteiger partial charge on any atom is 0.330 e. The SMILES string of the molecule is C/C(=C\C(=O)OCCCCCCCC(=O)NC1C(=O)NC2=CSSC21)C[C@@H]1OC[C@H](C/C=C/[C@@H](C)[C@H](C)O)C(=O)[C@H]1O. The third-order valence-electron chi connectivity index (χ3n) is 7.67. The Hall–Kier alpha value is -2.12. The van der Waals surface area contributed by atoms with Crippen molar-refractivity contribution in [2.24, 2.45) is 11.8 Å². The number of aliphatic hydroxyl groups excluding tert-OH is 2. The highest BCUT2D eigenvalue weighted by atomic mass is 33.1. The smallest absolute Gasteiger partial charge is 0.330 e. The normalized spacial score (nSPS) is 27.4. The van der Waals surface area contributed by atoms with Gasteiger partial charge < -0.3 is 30.3 Å². The number of carbonyl (C=O) groups excluding carboxylic acids is 4. The number of aliphatic hydroxyl groups is 2. The first-order valence-corrected chi connectivity index (χ1v) is 17.0. The monoisotopic (exact) mass is 624 g/mol. The first-order chi connectivity index (χ1) is 20.1. The third-order valence-corrected chi connectivity index (χ3v) is 10.1. The summed E-state index contributed by atoms with van der Waals surface area (Å²) in [4.78, 5) is 49.1. The number of ketones is 1. The summed E-state index contributed by atoms with van der Waals surface area (Å²) in [6.07, 6.45) is 7.79. The number of hydrogen-bond donors (Lipinski definition) is 4. The van der Waals surface area contributed by atoms with Crippen LogP contribution in [0.2, 0.25) is 0 Å². The molecule has 3 aliphatic rings. The van der Waals surface area contributed by atoms with E-state index in [1.807, 2.05) is 24.5 Å². The number of rotatable bonds is 16. The molecule has 12 heteroatoms. The van der Waals surface area contributed by atoms with Gasteiger partial charge in [0.05, 0.1) is 30.7 Å². The standard InChI is InChI=1S/C30H44N2O8S2/c1-18(14-23-28(37)27(36)21(16-40-23)11-9-10-19(2)20(3)33)15-25(35)39-13-8-6-4-5-7-12-24(34)32-26-29-22(17-41-42-29)31-30(26)38/h9-10,15,17,19-21,23,26,28-29,33,37H,4-8,11-14,16H2,1-3H3,(H,31,38)(H,32,34)/b10-9+,18-15+/t19-,20+,21+,23+,26?,28+,29?/m1/s1. The van der Waals surface area contributed by atoms with Gasteiger partial charge in [0.1, 0.15) is 12.1 Å². The van der Waals surface area contributed by atoms with E-state index in [9.17, 15) is 29.4 Å². The van der Waals surface area contributed by atoms with Crippen molar-refractivity contribution in [3.05, 3.63) is 34.9 Å². The number of esters is 1. The number of nitrogens with one attached hydrogen (secondary N) is 2. The highest BCUT2D eigenvalue weighted by Gasteiger charge is 2.42. The van der Waals surface area contributed by atoms with E-state index in [-0.39, 0.29) is 48.4 Å². The molecular weight excluding hydrogens is 580 g/mol. The Balaban J connectivity index is 1.23. The summed E-state index contributed by atoms with van der Waals surface area (Å²) in [6.45, 7) is 5.82. The molecule has 2 amide bonds. The lowest BCUT2D eigenvalue weighted by Crippen LogP contribution is -2.46. The van der Waals surface area contributed by atoms with Gasteiger partial charge in [0.15, 0.2) is 5.78 Å². The number of ether oxygens (including phenoxy) is 2. The molecule has 7 atom stereocenters. The number of fused-ring (bicyclic) bond motifs is 1. The largest absolute Gasteiger partial charge is 0.463 e. The Morgan fingerprint density at radius 1 is 1.21 bits per heavy atom. The second-order valence-corrected chi connectivity index (χ2v) is 13.6. The van der Waals surface area contributed by atoms with E-state index in [1.165, 1.54) is 6.08 Å². The molecular formula is C30H44N2O8S2. The molecule has 0 bridgehead atoms. The summed E-state index contributed by atoms with van der Waals surface area (Å²) >= 11 is 0. The van der Waals surface area contributed by atoms with Crippen LogP contribution in [-0.4, -0.2) is 76.6 Å². The van der Waals surface area contributed by atoms with Crippen molar-refractivity contribution < 1.29 is 38.9 Å². The quantitative estimate of drug-likeness (QED) is 0.0662. The van der Waals surface area contributed by atoms with Crippen molar-refractivity contribution in [2.45, 2.75) is 102 Å². The molecule has 0 radical (unpaired) electrons. The van der Waals surface area contributed by atoms with Gasteiger partial charge in [-0.3, -0.25) is 14.4 Å². The molecule has 10 nitrogen and oxygen atoms in total. The van der Waals surface area contributed by atoms with Crippen molar-refractivity contribution in [3.8, 4) is 0 Å². The minimum absolute atomic E-state index is 0.0225. The van der Waals surface area contributed by atoms with Crippen LogP contribution in [0.5, 0.6) is 0 Å². The summed E-state index contributed by atoms with van der Waals surface area (Å²) in [6, 6.07) is -0.504. The molecule has 0 aromatic heterocycles. The molecule has 0 spiro atoms. The Kier molecular flexibility index (Phi) is 14.1. The topological polar surface area (TPSA) is 151 Å². The van der Waals surface area contributed by atoms with Crippen molar-refractivity contribution in [1.29, 1.82) is 0 Å². The van der Waals surface area contributed by atoms with E-state index in [4.69, 9.17) is 9.47 Å². The number of amides is 2. The Labute approximate surface area is 255 Å². The Bertz CT molecular complexity index is 1060. The summed E-state index contributed by atoms with van der Waals surface area (Å²) in [7, 11) is 3.14. The lowest BCUT2D eigenvalue weighted by molar-refractivity contribution is -0.155. The van der Waals surface area contributed by atoms with E-state index in [0.29, 0.717) is 24.8 Å². The summed E-state index contributed by atoms with van der Waals surface area (Å²) in [5.41, 5.74) is 1.53. The lowest BCUT2D eigenvalue weighted by atomic mass is 9.89. The van der Waals surface area contributed by atoms with Crippen LogP contribution in [-0.2, 0) is 28.7 Å². The minimum atomic E-state index is -1.26. The van der Waals surface area contributed by atoms with Gasteiger partial charge in [-0.25, -0.2) is 4.79 Å². The molecule has 0 aromatic rings. The van der Waals surface area contributed by atoms with Gasteiger partial charge in [-0.15, -0.1) is 0 Å². The molecule has 42 heavy (non-hydrogen) atoms. The summed E-state index contributed by atoms with van der Waals surface area (Å²) in [5, 5.41) is 27.6. The first kappa shape index (κ1) is 34.4.